The number of piperidine rings is 1. The van der Waals surface area contributed by atoms with E-state index >= 15 is 0 Å². The van der Waals surface area contributed by atoms with Gasteiger partial charge in [0, 0.05) is 13.1 Å². The van der Waals surface area contributed by atoms with E-state index in [0.29, 0.717) is 11.8 Å². The van der Waals surface area contributed by atoms with Crippen LogP contribution in [0.3, 0.4) is 0 Å². The molecule has 1 saturated heterocycles. The monoisotopic (exact) mass is 459 g/mol. The Bertz CT molecular complexity index is 1210. The number of nitrogens with zero attached hydrogens (tertiary/aromatic N) is 1. The molecule has 4 atom stereocenters. The number of methoxy groups -OCH3 is 1. The highest BCUT2D eigenvalue weighted by Crippen LogP contribution is 2.56. The van der Waals surface area contributed by atoms with Crippen molar-refractivity contribution in [2.45, 2.75) is 36.8 Å². The number of likely N-dealkylation sites (tertiary alicyclic amines) is 1. The molecule has 4 unspecified atom stereocenters. The predicted octanol–water partition coefficient (Wildman–Crippen LogP) is 6.66. The zero-order chi connectivity index (χ0) is 22.5. The summed E-state index contributed by atoms with van der Waals surface area (Å²) in [5.41, 5.74) is 4.92. The van der Waals surface area contributed by atoms with Crippen LogP contribution in [0, 0.1) is 11.8 Å². The van der Waals surface area contributed by atoms with Gasteiger partial charge in [0.1, 0.15) is 11.3 Å². The second-order valence-corrected chi connectivity index (χ2v) is 10.2. The van der Waals surface area contributed by atoms with Crippen molar-refractivity contribution >= 4 is 28.4 Å². The molecule has 2 aliphatic carbocycles. The van der Waals surface area contributed by atoms with Crippen molar-refractivity contribution in [2.75, 3.05) is 20.2 Å². The molecule has 3 aromatic carbocycles. The van der Waals surface area contributed by atoms with Crippen molar-refractivity contribution in [3.8, 4) is 5.75 Å². The first-order valence-corrected chi connectivity index (χ1v) is 12.5. The topological polar surface area (TPSA) is 32.7 Å². The Balaban J connectivity index is 1.25. The lowest BCUT2D eigenvalue weighted by atomic mass is 9.85. The molecule has 1 saturated carbocycles. The van der Waals surface area contributed by atoms with Crippen LogP contribution in [-0.4, -0.2) is 30.2 Å². The maximum absolute atomic E-state index is 11.0. The van der Waals surface area contributed by atoms with Gasteiger partial charge >= 0.3 is 0 Å². The third kappa shape index (κ3) is 3.77. The highest BCUT2D eigenvalue weighted by Gasteiger charge is 2.43. The van der Waals surface area contributed by atoms with Gasteiger partial charge in [0.05, 0.1) is 13.2 Å². The minimum absolute atomic E-state index is 0.146. The van der Waals surface area contributed by atoms with Gasteiger partial charge in [-0.25, -0.2) is 0 Å². The third-order valence-electron chi connectivity index (χ3n) is 7.91. The molecule has 1 heterocycles. The Kier molecular flexibility index (Phi) is 5.44. The number of halogens is 1. The number of alkyl halides is 1. The van der Waals surface area contributed by atoms with Gasteiger partial charge in [-0.15, -0.1) is 11.6 Å². The number of hydrogen-bond acceptors (Lipinski definition) is 3. The van der Waals surface area contributed by atoms with Crippen LogP contribution in [0.5, 0.6) is 5.75 Å². The number of aliphatic hydroxyl groups excluding tert-OH is 1. The molecule has 0 bridgehead atoms. The van der Waals surface area contributed by atoms with Crippen molar-refractivity contribution in [3.05, 3.63) is 82.9 Å². The SMILES string of the molecule is COc1cccc(C(O)C2CCN(C(Cl)c3c4c(cc5ccccc35)C=CC3CC43)CC2)c1. The lowest BCUT2D eigenvalue weighted by Gasteiger charge is -2.38. The van der Waals surface area contributed by atoms with Gasteiger partial charge in [0.2, 0.25) is 0 Å². The molecule has 0 radical (unpaired) electrons. The zero-order valence-corrected chi connectivity index (χ0v) is 19.7. The van der Waals surface area contributed by atoms with Crippen LogP contribution in [0.1, 0.15) is 59.0 Å². The largest absolute Gasteiger partial charge is 0.497 e. The fraction of sp³-hybridized carbons (Fsp3) is 0.379. The second kappa shape index (κ2) is 8.47. The van der Waals surface area contributed by atoms with Crippen molar-refractivity contribution in [3.63, 3.8) is 0 Å². The number of rotatable bonds is 5. The molecule has 4 heteroatoms. The van der Waals surface area contributed by atoms with Gasteiger partial charge < -0.3 is 9.84 Å². The van der Waals surface area contributed by atoms with E-state index < -0.39 is 6.10 Å². The molecule has 1 N–H and O–H groups in total. The summed E-state index contributed by atoms with van der Waals surface area (Å²) in [6, 6.07) is 18.8. The first-order chi connectivity index (χ1) is 16.1. The number of hydrogen-bond donors (Lipinski definition) is 1. The summed E-state index contributed by atoms with van der Waals surface area (Å²) in [5.74, 6) is 2.33. The van der Waals surface area contributed by atoms with Gasteiger partial charge in [-0.3, -0.25) is 4.90 Å². The van der Waals surface area contributed by atoms with Crippen LogP contribution < -0.4 is 4.74 Å². The lowest BCUT2D eigenvalue weighted by molar-refractivity contribution is 0.0548. The summed E-state index contributed by atoms with van der Waals surface area (Å²) < 4.78 is 5.34. The molecule has 0 aromatic heterocycles. The number of ether oxygens (including phenoxy) is 1. The molecule has 3 aromatic rings. The van der Waals surface area contributed by atoms with Crippen molar-refractivity contribution in [1.29, 1.82) is 0 Å². The number of benzene rings is 3. The van der Waals surface area contributed by atoms with E-state index in [4.69, 9.17) is 16.3 Å². The summed E-state index contributed by atoms with van der Waals surface area (Å²) in [6.45, 7) is 1.78. The summed E-state index contributed by atoms with van der Waals surface area (Å²) in [5, 5.41) is 13.6. The molecule has 3 aliphatic rings. The Morgan fingerprint density at radius 2 is 1.88 bits per heavy atom. The van der Waals surface area contributed by atoms with E-state index in [2.05, 4.69) is 47.4 Å². The Labute approximate surface area is 200 Å². The minimum atomic E-state index is -0.473. The van der Waals surface area contributed by atoms with Gasteiger partial charge in [-0.2, -0.15) is 0 Å². The van der Waals surface area contributed by atoms with Gasteiger partial charge in [0.15, 0.2) is 0 Å². The molecule has 0 amide bonds. The molecule has 6 rings (SSSR count). The molecule has 1 aliphatic heterocycles. The molecule has 0 spiro atoms. The van der Waals surface area contributed by atoms with Crippen LogP contribution in [-0.2, 0) is 0 Å². The number of fused-ring (bicyclic) bond motifs is 4. The third-order valence-corrected chi connectivity index (χ3v) is 8.41. The van der Waals surface area contributed by atoms with Crippen molar-refractivity contribution < 1.29 is 9.84 Å². The molecule has 33 heavy (non-hydrogen) atoms. The molecule has 170 valence electrons. The van der Waals surface area contributed by atoms with Crippen molar-refractivity contribution in [2.24, 2.45) is 11.8 Å². The van der Waals surface area contributed by atoms with E-state index in [9.17, 15) is 5.11 Å². The fourth-order valence-electron chi connectivity index (χ4n) is 5.95. The lowest BCUT2D eigenvalue weighted by Crippen LogP contribution is -2.37. The maximum Gasteiger partial charge on any atom is 0.119 e. The highest BCUT2D eigenvalue weighted by atomic mass is 35.5. The summed E-state index contributed by atoms with van der Waals surface area (Å²) in [7, 11) is 1.66. The molecule has 2 fully saturated rings. The average molecular weight is 460 g/mol. The quantitative estimate of drug-likeness (QED) is 0.342. The Hall–Kier alpha value is -2.33. The Morgan fingerprint density at radius 1 is 1.06 bits per heavy atom. The number of allylic oxidation sites excluding steroid dienone is 1. The van der Waals surface area contributed by atoms with E-state index in [1.165, 1.54) is 33.9 Å². The van der Waals surface area contributed by atoms with E-state index in [1.807, 2.05) is 24.3 Å². The summed E-state index contributed by atoms with van der Waals surface area (Å²) in [4.78, 5) is 2.41. The van der Waals surface area contributed by atoms with Crippen LogP contribution in [0.25, 0.3) is 16.8 Å². The molecular weight excluding hydrogens is 430 g/mol. The normalized spacial score (nSPS) is 24.2. The fourth-order valence-corrected chi connectivity index (χ4v) is 6.38. The van der Waals surface area contributed by atoms with E-state index in [0.717, 1.165) is 37.2 Å². The molecular formula is C29H30ClNO2. The number of aliphatic hydroxyl groups is 1. The van der Waals surface area contributed by atoms with Crippen LogP contribution >= 0.6 is 11.6 Å². The minimum Gasteiger partial charge on any atom is -0.497 e. The van der Waals surface area contributed by atoms with Crippen LogP contribution in [0.2, 0.25) is 0 Å². The second-order valence-electron chi connectivity index (χ2n) is 9.81. The summed E-state index contributed by atoms with van der Waals surface area (Å²) in [6.07, 6.45) is 7.31. The Morgan fingerprint density at radius 3 is 2.70 bits per heavy atom. The van der Waals surface area contributed by atoms with E-state index in [1.54, 1.807) is 7.11 Å². The summed E-state index contributed by atoms with van der Waals surface area (Å²) >= 11 is 7.29. The van der Waals surface area contributed by atoms with Crippen molar-refractivity contribution in [1.82, 2.24) is 4.90 Å². The highest BCUT2D eigenvalue weighted by molar-refractivity contribution is 6.22. The van der Waals surface area contributed by atoms with E-state index in [-0.39, 0.29) is 11.4 Å². The van der Waals surface area contributed by atoms with Crippen LogP contribution in [0.15, 0.2) is 60.7 Å². The van der Waals surface area contributed by atoms with Gasteiger partial charge in [0.25, 0.3) is 0 Å². The smallest absolute Gasteiger partial charge is 0.119 e. The average Bonchev–Trinajstić information content (AvgIpc) is 3.67. The predicted molar refractivity (Wildman–Crippen MR) is 135 cm³/mol. The van der Waals surface area contributed by atoms with Gasteiger partial charge in [-0.1, -0.05) is 48.6 Å². The molecule has 3 nitrogen and oxygen atoms in total. The maximum atomic E-state index is 11.0. The first kappa shape index (κ1) is 21.2. The first-order valence-electron chi connectivity index (χ1n) is 12.1. The van der Waals surface area contributed by atoms with Gasteiger partial charge in [-0.05, 0) is 88.2 Å². The standard InChI is InChI=1S/C29H30ClNO2/c1-33-23-7-4-6-22(16-23)28(32)18-11-13-31(14-12-18)29(30)27-24-8-3-2-5-19(24)15-21-10-9-20-17-25(20)26(21)27/h2-10,15-16,18,20,25,28-29,32H,11-14,17H2,1H3. The zero-order valence-electron chi connectivity index (χ0n) is 19.0. The van der Waals surface area contributed by atoms with Crippen LogP contribution in [0.4, 0.5) is 0 Å².